The maximum absolute atomic E-state index is 12.4. The fourth-order valence-corrected chi connectivity index (χ4v) is 3.16. The summed E-state index contributed by atoms with van der Waals surface area (Å²) in [6.45, 7) is -0.0283. The standard InChI is InChI=1S/C17H14Cl2N4O4S/c1-28(25,26)23-12-6-7-14(19)13(8-12)17(24)20-9-15-21-16(22-27-15)10-2-4-11(18)5-3-10/h2-8,23H,9H2,1H3,(H,20,24). The molecule has 1 heterocycles. The van der Waals surface area contributed by atoms with E-state index in [0.29, 0.717) is 16.4 Å². The van der Waals surface area contributed by atoms with Crippen LogP contribution in [0.15, 0.2) is 47.0 Å². The van der Waals surface area contributed by atoms with E-state index < -0.39 is 15.9 Å². The zero-order valence-corrected chi connectivity index (χ0v) is 16.8. The second kappa shape index (κ2) is 8.17. The van der Waals surface area contributed by atoms with E-state index in [1.54, 1.807) is 24.3 Å². The first-order chi connectivity index (χ1) is 13.2. The zero-order chi connectivity index (χ0) is 20.3. The number of amides is 1. The fourth-order valence-electron chi connectivity index (χ4n) is 2.27. The molecule has 0 aliphatic carbocycles. The molecule has 0 atom stereocenters. The van der Waals surface area contributed by atoms with Gasteiger partial charge in [0.2, 0.25) is 21.7 Å². The van der Waals surface area contributed by atoms with Gasteiger partial charge in [0.15, 0.2) is 0 Å². The molecule has 3 rings (SSSR count). The minimum absolute atomic E-state index is 0.0283. The summed E-state index contributed by atoms with van der Waals surface area (Å²) in [6.07, 6.45) is 1.01. The van der Waals surface area contributed by atoms with Crippen molar-refractivity contribution in [2.45, 2.75) is 6.54 Å². The van der Waals surface area contributed by atoms with Crippen LogP contribution in [0.2, 0.25) is 10.0 Å². The molecule has 0 unspecified atom stereocenters. The molecule has 0 radical (unpaired) electrons. The zero-order valence-electron chi connectivity index (χ0n) is 14.4. The Hall–Kier alpha value is -2.62. The number of hydrogen-bond acceptors (Lipinski definition) is 6. The lowest BCUT2D eigenvalue weighted by atomic mass is 10.2. The lowest BCUT2D eigenvalue weighted by molar-refractivity contribution is 0.0946. The molecule has 2 aromatic carbocycles. The summed E-state index contributed by atoms with van der Waals surface area (Å²) < 4.78 is 30.1. The third-order valence-electron chi connectivity index (χ3n) is 3.48. The predicted molar refractivity (Wildman–Crippen MR) is 106 cm³/mol. The van der Waals surface area contributed by atoms with Gasteiger partial charge in [0.1, 0.15) is 0 Å². The second-order valence-corrected chi connectivity index (χ2v) is 8.36. The number of nitrogens with one attached hydrogen (secondary N) is 2. The number of aromatic nitrogens is 2. The maximum Gasteiger partial charge on any atom is 0.253 e. The molecule has 2 N–H and O–H groups in total. The van der Waals surface area contributed by atoms with E-state index >= 15 is 0 Å². The Morgan fingerprint density at radius 3 is 2.54 bits per heavy atom. The highest BCUT2D eigenvalue weighted by Gasteiger charge is 2.15. The van der Waals surface area contributed by atoms with Gasteiger partial charge in [-0.1, -0.05) is 28.4 Å². The topological polar surface area (TPSA) is 114 Å². The van der Waals surface area contributed by atoms with Crippen LogP contribution in [0.3, 0.4) is 0 Å². The average Bonchev–Trinajstić information content (AvgIpc) is 3.10. The summed E-state index contributed by atoms with van der Waals surface area (Å²) in [5, 5.41) is 7.22. The van der Waals surface area contributed by atoms with E-state index in [4.69, 9.17) is 27.7 Å². The lowest BCUT2D eigenvalue weighted by Crippen LogP contribution is -2.23. The Morgan fingerprint density at radius 2 is 1.86 bits per heavy atom. The number of hydrogen-bond donors (Lipinski definition) is 2. The van der Waals surface area contributed by atoms with Gasteiger partial charge in [-0.15, -0.1) is 0 Å². The maximum atomic E-state index is 12.4. The largest absolute Gasteiger partial charge is 0.343 e. The van der Waals surface area contributed by atoms with Crippen LogP contribution in [0.25, 0.3) is 11.4 Å². The van der Waals surface area contributed by atoms with Gasteiger partial charge in [-0.3, -0.25) is 9.52 Å². The molecule has 3 aromatic rings. The highest BCUT2D eigenvalue weighted by Crippen LogP contribution is 2.22. The number of halogens is 2. The molecule has 0 aliphatic rings. The summed E-state index contributed by atoms with van der Waals surface area (Å²) in [4.78, 5) is 16.6. The first kappa shape index (κ1) is 20.1. The predicted octanol–water partition coefficient (Wildman–Crippen LogP) is 3.34. The Morgan fingerprint density at radius 1 is 1.14 bits per heavy atom. The number of anilines is 1. The molecule has 28 heavy (non-hydrogen) atoms. The quantitative estimate of drug-likeness (QED) is 0.607. The number of nitrogens with zero attached hydrogens (tertiary/aromatic N) is 2. The van der Waals surface area contributed by atoms with Crippen LogP contribution in [-0.2, 0) is 16.6 Å². The van der Waals surface area contributed by atoms with Gasteiger partial charge in [0.05, 0.1) is 23.4 Å². The van der Waals surface area contributed by atoms with Crippen molar-refractivity contribution in [1.82, 2.24) is 15.5 Å². The number of carbonyl (C=O) groups excluding carboxylic acids is 1. The van der Waals surface area contributed by atoms with Crippen LogP contribution in [-0.4, -0.2) is 30.7 Å². The van der Waals surface area contributed by atoms with Gasteiger partial charge in [-0.05, 0) is 42.5 Å². The summed E-state index contributed by atoms with van der Waals surface area (Å²) in [6, 6.07) is 11.1. The molecule has 0 spiro atoms. The van der Waals surface area contributed by atoms with E-state index in [0.717, 1.165) is 6.26 Å². The van der Waals surface area contributed by atoms with E-state index in [1.807, 2.05) is 0 Å². The van der Waals surface area contributed by atoms with E-state index in [2.05, 4.69) is 20.2 Å². The minimum Gasteiger partial charge on any atom is -0.343 e. The van der Waals surface area contributed by atoms with Crippen molar-refractivity contribution in [1.29, 1.82) is 0 Å². The van der Waals surface area contributed by atoms with Crippen molar-refractivity contribution >= 4 is 44.8 Å². The van der Waals surface area contributed by atoms with E-state index in [1.165, 1.54) is 18.2 Å². The van der Waals surface area contributed by atoms with Crippen molar-refractivity contribution in [2.75, 3.05) is 11.0 Å². The molecule has 0 bridgehead atoms. The first-order valence-corrected chi connectivity index (χ1v) is 10.5. The Balaban J connectivity index is 1.69. The average molecular weight is 441 g/mol. The molecule has 0 aliphatic heterocycles. The molecule has 146 valence electrons. The molecule has 0 fully saturated rings. The normalized spacial score (nSPS) is 11.2. The van der Waals surface area contributed by atoms with Crippen LogP contribution in [0.4, 0.5) is 5.69 Å². The van der Waals surface area contributed by atoms with Crippen LogP contribution in [0, 0.1) is 0 Å². The summed E-state index contributed by atoms with van der Waals surface area (Å²) in [5.74, 6) is 0.0338. The van der Waals surface area contributed by atoms with Gasteiger partial charge in [0.25, 0.3) is 5.91 Å². The minimum atomic E-state index is -3.48. The lowest BCUT2D eigenvalue weighted by Gasteiger charge is -2.08. The summed E-state index contributed by atoms with van der Waals surface area (Å²) in [7, 11) is -3.48. The molecule has 0 saturated carbocycles. The van der Waals surface area contributed by atoms with Crippen molar-refractivity contribution in [3.63, 3.8) is 0 Å². The van der Waals surface area contributed by atoms with Crippen molar-refractivity contribution in [3.8, 4) is 11.4 Å². The third kappa shape index (κ3) is 5.22. The smallest absolute Gasteiger partial charge is 0.253 e. The van der Waals surface area contributed by atoms with Crippen molar-refractivity contribution in [3.05, 3.63) is 64.0 Å². The molecule has 11 heteroatoms. The third-order valence-corrected chi connectivity index (χ3v) is 4.67. The number of carbonyl (C=O) groups is 1. The van der Waals surface area contributed by atoms with Gasteiger partial charge in [0, 0.05) is 16.3 Å². The summed E-state index contributed by atoms with van der Waals surface area (Å²) in [5.41, 5.74) is 1.04. The monoisotopic (exact) mass is 440 g/mol. The van der Waals surface area contributed by atoms with E-state index in [9.17, 15) is 13.2 Å². The van der Waals surface area contributed by atoms with Gasteiger partial charge < -0.3 is 9.84 Å². The molecular weight excluding hydrogens is 427 g/mol. The molecule has 1 aromatic heterocycles. The van der Waals surface area contributed by atoms with Gasteiger partial charge >= 0.3 is 0 Å². The number of rotatable bonds is 6. The van der Waals surface area contributed by atoms with Crippen LogP contribution >= 0.6 is 23.2 Å². The highest BCUT2D eigenvalue weighted by molar-refractivity contribution is 7.92. The number of sulfonamides is 1. The van der Waals surface area contributed by atoms with Crippen LogP contribution in [0.5, 0.6) is 0 Å². The Kier molecular flexibility index (Phi) is 5.87. The molecule has 8 nitrogen and oxygen atoms in total. The van der Waals surface area contributed by atoms with Gasteiger partial charge in [-0.2, -0.15) is 4.98 Å². The van der Waals surface area contributed by atoms with E-state index in [-0.39, 0.29) is 28.7 Å². The van der Waals surface area contributed by atoms with Gasteiger partial charge in [-0.25, -0.2) is 8.42 Å². The Bertz CT molecular complexity index is 1110. The van der Waals surface area contributed by atoms with Crippen LogP contribution < -0.4 is 10.0 Å². The summed E-state index contributed by atoms with van der Waals surface area (Å²) >= 11 is 11.9. The Labute approximate surface area is 170 Å². The fraction of sp³-hybridized carbons (Fsp3) is 0.118. The highest BCUT2D eigenvalue weighted by atomic mass is 35.5. The number of benzene rings is 2. The molecule has 0 saturated heterocycles. The molecular formula is C17H14Cl2N4O4S. The SMILES string of the molecule is CS(=O)(=O)Nc1ccc(Cl)c(C(=O)NCc2nc(-c3ccc(Cl)cc3)no2)c1. The second-order valence-electron chi connectivity index (χ2n) is 5.77. The molecule has 1 amide bonds. The van der Waals surface area contributed by atoms with Crippen LogP contribution in [0.1, 0.15) is 16.2 Å². The van der Waals surface area contributed by atoms with Crippen molar-refractivity contribution < 1.29 is 17.7 Å². The van der Waals surface area contributed by atoms with Crippen molar-refractivity contribution in [2.24, 2.45) is 0 Å². The first-order valence-electron chi connectivity index (χ1n) is 7.85.